The summed E-state index contributed by atoms with van der Waals surface area (Å²) in [4.78, 5) is 34.8. The summed E-state index contributed by atoms with van der Waals surface area (Å²) in [5.41, 5.74) is -0.0572. The molecule has 25 heavy (non-hydrogen) atoms. The van der Waals surface area contributed by atoms with Gasteiger partial charge >= 0.3 is 5.97 Å². The van der Waals surface area contributed by atoms with Gasteiger partial charge in [0.05, 0.1) is 5.92 Å². The number of carboxylic acid groups (broad SMARTS) is 1. The van der Waals surface area contributed by atoms with E-state index >= 15 is 0 Å². The molecule has 0 fully saturated rings. The van der Waals surface area contributed by atoms with Crippen molar-refractivity contribution in [2.24, 2.45) is 5.41 Å². The zero-order valence-corrected chi connectivity index (χ0v) is 14.8. The van der Waals surface area contributed by atoms with Crippen LogP contribution < -0.4 is 10.6 Å². The smallest absolute Gasteiger partial charge is 0.312 e. The van der Waals surface area contributed by atoms with Gasteiger partial charge in [-0.1, -0.05) is 32.9 Å². The van der Waals surface area contributed by atoms with Crippen LogP contribution in [0.5, 0.6) is 0 Å². The van der Waals surface area contributed by atoms with E-state index in [9.17, 15) is 23.9 Å². The van der Waals surface area contributed by atoms with Gasteiger partial charge in [0.2, 0.25) is 11.8 Å². The number of rotatable bonds is 8. The third-order valence-corrected chi connectivity index (χ3v) is 3.62. The SMILES string of the molecule is CC(C)(C)C(=O)NCCCC(=O)NCC(C(=O)O)c1ccc(F)cc1. The standard InChI is InChI=1S/C18H25FN2O4/c1-18(2,3)17(25)20-10-4-5-15(22)21-11-14(16(23)24)12-6-8-13(19)9-7-12/h6-9,14H,4-5,10-11H2,1-3H3,(H,20,25)(H,21,22)(H,23,24). The summed E-state index contributed by atoms with van der Waals surface area (Å²) in [6, 6.07) is 5.15. The van der Waals surface area contributed by atoms with Crippen molar-refractivity contribution < 1.29 is 23.9 Å². The minimum Gasteiger partial charge on any atom is -0.481 e. The molecule has 0 aliphatic carbocycles. The molecular formula is C18H25FN2O4. The number of aliphatic carboxylic acids is 1. The molecule has 1 aromatic carbocycles. The maximum absolute atomic E-state index is 12.9. The van der Waals surface area contributed by atoms with Gasteiger partial charge in [-0.2, -0.15) is 0 Å². The Morgan fingerprint density at radius 1 is 1.12 bits per heavy atom. The van der Waals surface area contributed by atoms with E-state index in [1.807, 2.05) is 0 Å². The Kier molecular flexibility index (Phi) is 7.54. The quantitative estimate of drug-likeness (QED) is 0.624. The molecule has 0 bridgehead atoms. The predicted octanol–water partition coefficient (Wildman–Crippen LogP) is 2.05. The van der Waals surface area contributed by atoms with Crippen molar-refractivity contribution in [2.75, 3.05) is 13.1 Å². The van der Waals surface area contributed by atoms with Gasteiger partial charge in [-0.25, -0.2) is 4.39 Å². The van der Waals surface area contributed by atoms with Crippen molar-refractivity contribution in [1.29, 1.82) is 0 Å². The molecule has 2 amide bonds. The van der Waals surface area contributed by atoms with Crippen LogP contribution in [0.4, 0.5) is 4.39 Å². The van der Waals surface area contributed by atoms with Gasteiger partial charge in [0.1, 0.15) is 5.82 Å². The summed E-state index contributed by atoms with van der Waals surface area (Å²) < 4.78 is 12.9. The van der Waals surface area contributed by atoms with Crippen LogP contribution >= 0.6 is 0 Å². The Morgan fingerprint density at radius 3 is 2.24 bits per heavy atom. The lowest BCUT2D eigenvalue weighted by Crippen LogP contribution is -2.36. The first-order chi connectivity index (χ1) is 11.6. The second kappa shape index (κ2) is 9.15. The second-order valence-electron chi connectivity index (χ2n) is 6.86. The van der Waals surface area contributed by atoms with Crippen LogP contribution in [0.25, 0.3) is 0 Å². The van der Waals surface area contributed by atoms with Crippen LogP contribution in [0.3, 0.4) is 0 Å². The van der Waals surface area contributed by atoms with Gasteiger partial charge in [0, 0.05) is 24.9 Å². The van der Waals surface area contributed by atoms with Crippen molar-refractivity contribution in [1.82, 2.24) is 10.6 Å². The van der Waals surface area contributed by atoms with Crippen LogP contribution in [0.2, 0.25) is 0 Å². The number of amides is 2. The van der Waals surface area contributed by atoms with Gasteiger partial charge in [0.15, 0.2) is 0 Å². The number of halogens is 1. The van der Waals surface area contributed by atoms with Crippen LogP contribution in [-0.4, -0.2) is 36.0 Å². The largest absolute Gasteiger partial charge is 0.481 e. The Morgan fingerprint density at radius 2 is 1.72 bits per heavy atom. The summed E-state index contributed by atoms with van der Waals surface area (Å²) >= 11 is 0. The molecule has 0 radical (unpaired) electrons. The molecule has 0 aromatic heterocycles. The molecule has 0 aliphatic rings. The fourth-order valence-electron chi connectivity index (χ4n) is 2.06. The first-order valence-corrected chi connectivity index (χ1v) is 8.14. The van der Waals surface area contributed by atoms with E-state index in [1.54, 1.807) is 20.8 Å². The molecule has 3 N–H and O–H groups in total. The second-order valence-corrected chi connectivity index (χ2v) is 6.86. The zero-order chi connectivity index (χ0) is 19.0. The Labute approximate surface area is 146 Å². The fourth-order valence-corrected chi connectivity index (χ4v) is 2.06. The van der Waals surface area contributed by atoms with E-state index < -0.39 is 23.1 Å². The molecule has 0 aliphatic heterocycles. The normalized spacial score (nSPS) is 12.3. The van der Waals surface area contributed by atoms with Crippen LogP contribution in [0.1, 0.15) is 45.1 Å². The predicted molar refractivity (Wildman–Crippen MR) is 91.5 cm³/mol. The number of carbonyl (C=O) groups excluding carboxylic acids is 2. The first-order valence-electron chi connectivity index (χ1n) is 8.14. The average molecular weight is 352 g/mol. The van der Waals surface area contributed by atoms with Crippen molar-refractivity contribution in [3.63, 3.8) is 0 Å². The lowest BCUT2D eigenvalue weighted by Gasteiger charge is -2.17. The van der Waals surface area contributed by atoms with Crippen molar-refractivity contribution in [2.45, 2.75) is 39.5 Å². The summed E-state index contributed by atoms with van der Waals surface area (Å²) in [5.74, 6) is -2.86. The number of nitrogens with one attached hydrogen (secondary N) is 2. The van der Waals surface area contributed by atoms with Gasteiger partial charge in [-0.3, -0.25) is 14.4 Å². The Balaban J connectivity index is 2.39. The molecule has 1 rings (SSSR count). The summed E-state index contributed by atoms with van der Waals surface area (Å²) in [6.45, 7) is 5.71. The first kappa shape index (κ1) is 20.6. The third kappa shape index (κ3) is 7.32. The molecule has 0 saturated heterocycles. The molecule has 1 atom stereocenters. The van der Waals surface area contributed by atoms with Gasteiger partial charge < -0.3 is 15.7 Å². The van der Waals surface area contributed by atoms with Crippen molar-refractivity contribution in [3.8, 4) is 0 Å². The average Bonchev–Trinajstić information content (AvgIpc) is 2.52. The lowest BCUT2D eigenvalue weighted by atomic mass is 9.96. The van der Waals surface area contributed by atoms with Crippen molar-refractivity contribution >= 4 is 17.8 Å². The Hall–Kier alpha value is -2.44. The van der Waals surface area contributed by atoms with Crippen LogP contribution in [0.15, 0.2) is 24.3 Å². The minimum absolute atomic E-state index is 0.0752. The number of carbonyl (C=O) groups is 3. The minimum atomic E-state index is -1.09. The molecule has 0 spiro atoms. The highest BCUT2D eigenvalue weighted by atomic mass is 19.1. The number of carboxylic acids is 1. The number of benzene rings is 1. The molecule has 0 saturated carbocycles. The van der Waals surface area contributed by atoms with Gasteiger partial charge in [-0.15, -0.1) is 0 Å². The maximum atomic E-state index is 12.9. The maximum Gasteiger partial charge on any atom is 0.312 e. The number of hydrogen-bond acceptors (Lipinski definition) is 3. The topological polar surface area (TPSA) is 95.5 Å². The summed E-state index contributed by atoms with van der Waals surface area (Å²) in [6.07, 6.45) is 0.641. The highest BCUT2D eigenvalue weighted by molar-refractivity contribution is 5.81. The van der Waals surface area contributed by atoms with E-state index in [1.165, 1.54) is 24.3 Å². The van der Waals surface area contributed by atoms with E-state index in [2.05, 4.69) is 10.6 Å². The van der Waals surface area contributed by atoms with E-state index in [-0.39, 0.29) is 24.8 Å². The van der Waals surface area contributed by atoms with E-state index in [0.717, 1.165) is 0 Å². The highest BCUT2D eigenvalue weighted by Gasteiger charge is 2.21. The molecule has 7 heteroatoms. The van der Waals surface area contributed by atoms with Crippen LogP contribution in [0, 0.1) is 11.2 Å². The monoisotopic (exact) mass is 352 g/mol. The van der Waals surface area contributed by atoms with E-state index in [0.29, 0.717) is 18.5 Å². The molecule has 138 valence electrons. The molecular weight excluding hydrogens is 327 g/mol. The highest BCUT2D eigenvalue weighted by Crippen LogP contribution is 2.16. The zero-order valence-electron chi connectivity index (χ0n) is 14.8. The molecule has 1 aromatic rings. The summed E-state index contributed by atoms with van der Waals surface area (Å²) in [5, 5.41) is 14.6. The number of hydrogen-bond donors (Lipinski definition) is 3. The van der Waals surface area contributed by atoms with E-state index in [4.69, 9.17) is 0 Å². The van der Waals surface area contributed by atoms with Crippen molar-refractivity contribution in [3.05, 3.63) is 35.6 Å². The fraction of sp³-hybridized carbons (Fsp3) is 0.500. The molecule has 6 nitrogen and oxygen atoms in total. The lowest BCUT2D eigenvalue weighted by molar-refractivity contribution is -0.138. The van der Waals surface area contributed by atoms with Gasteiger partial charge in [-0.05, 0) is 24.1 Å². The molecule has 1 unspecified atom stereocenters. The van der Waals surface area contributed by atoms with Gasteiger partial charge in [0.25, 0.3) is 0 Å². The Bertz CT molecular complexity index is 608. The van der Waals surface area contributed by atoms with Crippen LogP contribution in [-0.2, 0) is 14.4 Å². The third-order valence-electron chi connectivity index (χ3n) is 3.62. The summed E-state index contributed by atoms with van der Waals surface area (Å²) in [7, 11) is 0. The molecule has 0 heterocycles.